The lowest BCUT2D eigenvalue weighted by Crippen LogP contribution is -2.03. The van der Waals surface area contributed by atoms with E-state index in [0.717, 1.165) is 28.5 Å². The number of thioether (sulfide) groups is 1. The van der Waals surface area contributed by atoms with E-state index in [2.05, 4.69) is 21.7 Å². The van der Waals surface area contributed by atoms with Gasteiger partial charge in [0.25, 0.3) is 0 Å². The minimum absolute atomic E-state index is 0.0789. The molecule has 3 aromatic rings. The summed E-state index contributed by atoms with van der Waals surface area (Å²) in [7, 11) is 0. The Balaban J connectivity index is 1.64. The number of hydrogen-bond donors (Lipinski definition) is 1. The predicted octanol–water partition coefficient (Wildman–Crippen LogP) is 3.28. The van der Waals surface area contributed by atoms with Crippen molar-refractivity contribution in [3.05, 3.63) is 46.1 Å². The van der Waals surface area contributed by atoms with Gasteiger partial charge in [-0.05, 0) is 37.5 Å². The van der Waals surface area contributed by atoms with Crippen molar-refractivity contribution in [2.45, 2.75) is 43.1 Å². The fourth-order valence-electron chi connectivity index (χ4n) is 2.83. The summed E-state index contributed by atoms with van der Waals surface area (Å²) >= 11 is 1.56. The van der Waals surface area contributed by atoms with Gasteiger partial charge in [-0.3, -0.25) is 0 Å². The van der Waals surface area contributed by atoms with Crippen molar-refractivity contribution in [2.24, 2.45) is 0 Å². The molecule has 124 valence electrons. The fraction of sp³-hybridized carbons (Fsp3) is 0.353. The van der Waals surface area contributed by atoms with E-state index < -0.39 is 5.63 Å². The van der Waals surface area contributed by atoms with E-state index in [1.165, 1.54) is 25.0 Å². The molecule has 0 bridgehead atoms. The first-order valence-corrected chi connectivity index (χ1v) is 8.96. The summed E-state index contributed by atoms with van der Waals surface area (Å²) in [6.45, 7) is 2.93. The molecule has 0 saturated heterocycles. The first-order valence-electron chi connectivity index (χ1n) is 7.97. The summed E-state index contributed by atoms with van der Waals surface area (Å²) in [4.78, 5) is 11.8. The van der Waals surface area contributed by atoms with Crippen molar-refractivity contribution in [1.82, 2.24) is 14.8 Å². The highest BCUT2D eigenvalue weighted by atomic mass is 32.2. The minimum Gasteiger partial charge on any atom is -0.508 e. The van der Waals surface area contributed by atoms with E-state index in [-0.39, 0.29) is 5.75 Å². The molecular weight excluding hydrogens is 326 g/mol. The molecule has 0 amide bonds. The standard InChI is InChI=1S/C17H17N3O3S/c1-2-20-16(10-3-4-10)18-19-17(20)24-9-11-7-15(22)23-14-8-12(21)5-6-13(11)14/h5-8,10,21H,2-4,9H2,1H3. The summed E-state index contributed by atoms with van der Waals surface area (Å²) < 4.78 is 7.32. The number of rotatable bonds is 5. The SMILES string of the molecule is CCn1c(SCc2cc(=O)oc3cc(O)ccc23)nnc1C1CC1. The van der Waals surface area contributed by atoms with Gasteiger partial charge in [-0.2, -0.15) is 0 Å². The second kappa shape index (κ2) is 5.98. The maximum absolute atomic E-state index is 11.8. The molecule has 0 radical (unpaired) electrons. The van der Waals surface area contributed by atoms with Crippen molar-refractivity contribution in [2.75, 3.05) is 0 Å². The number of aromatic nitrogens is 3. The normalized spacial score (nSPS) is 14.4. The van der Waals surface area contributed by atoms with Crippen LogP contribution in [0, 0.1) is 0 Å². The van der Waals surface area contributed by atoms with Crippen LogP contribution in [0.5, 0.6) is 5.75 Å². The van der Waals surface area contributed by atoms with Crippen molar-refractivity contribution < 1.29 is 9.52 Å². The molecule has 2 heterocycles. The average Bonchev–Trinajstić information content (AvgIpc) is 3.32. The highest BCUT2D eigenvalue weighted by molar-refractivity contribution is 7.98. The summed E-state index contributed by atoms with van der Waals surface area (Å²) in [6.07, 6.45) is 2.38. The molecule has 1 saturated carbocycles. The van der Waals surface area contributed by atoms with Gasteiger partial charge in [-0.1, -0.05) is 11.8 Å². The van der Waals surface area contributed by atoms with E-state index in [4.69, 9.17) is 4.42 Å². The van der Waals surface area contributed by atoms with E-state index in [1.54, 1.807) is 23.9 Å². The Kier molecular flexibility index (Phi) is 3.80. The molecule has 6 nitrogen and oxygen atoms in total. The van der Waals surface area contributed by atoms with Crippen molar-refractivity contribution >= 4 is 22.7 Å². The van der Waals surface area contributed by atoms with Gasteiger partial charge < -0.3 is 14.1 Å². The van der Waals surface area contributed by atoms with E-state index >= 15 is 0 Å². The zero-order valence-electron chi connectivity index (χ0n) is 13.2. The third kappa shape index (κ3) is 2.80. The second-order valence-corrected chi connectivity index (χ2v) is 6.86. The van der Waals surface area contributed by atoms with Crippen LogP contribution in [0.25, 0.3) is 11.0 Å². The van der Waals surface area contributed by atoms with Crippen molar-refractivity contribution in [1.29, 1.82) is 0 Å². The summed E-state index contributed by atoms with van der Waals surface area (Å²) in [5.41, 5.74) is 0.845. The van der Waals surface area contributed by atoms with Crippen LogP contribution in [0.1, 0.15) is 37.1 Å². The van der Waals surface area contributed by atoms with Crippen molar-refractivity contribution in [3.63, 3.8) is 0 Å². The summed E-state index contributed by atoms with van der Waals surface area (Å²) in [5.74, 6) is 2.30. The molecule has 0 unspecified atom stereocenters. The minimum atomic E-state index is -0.417. The molecule has 0 spiro atoms. The highest BCUT2D eigenvalue weighted by Crippen LogP contribution is 2.40. The van der Waals surface area contributed by atoms with Gasteiger partial charge in [0.05, 0.1) is 0 Å². The number of phenols is 1. The Morgan fingerprint density at radius 1 is 1.33 bits per heavy atom. The highest BCUT2D eigenvalue weighted by Gasteiger charge is 2.29. The first-order chi connectivity index (χ1) is 11.7. The van der Waals surface area contributed by atoms with Crippen LogP contribution < -0.4 is 5.63 Å². The van der Waals surface area contributed by atoms with Crippen LogP contribution in [0.4, 0.5) is 0 Å². The van der Waals surface area contributed by atoms with Crippen LogP contribution in [0.2, 0.25) is 0 Å². The van der Waals surface area contributed by atoms with Crippen LogP contribution in [0.3, 0.4) is 0 Å². The zero-order chi connectivity index (χ0) is 16.7. The molecule has 1 aromatic carbocycles. The first kappa shape index (κ1) is 15.3. The quantitative estimate of drug-likeness (QED) is 0.565. The van der Waals surface area contributed by atoms with Gasteiger partial charge >= 0.3 is 5.63 Å². The van der Waals surface area contributed by atoms with Gasteiger partial charge in [-0.15, -0.1) is 10.2 Å². The summed E-state index contributed by atoms with van der Waals surface area (Å²) in [6, 6.07) is 6.32. The number of phenolic OH excluding ortho intramolecular Hbond substituents is 1. The monoisotopic (exact) mass is 343 g/mol. The third-order valence-corrected chi connectivity index (χ3v) is 5.19. The molecule has 2 aromatic heterocycles. The molecule has 0 aliphatic heterocycles. The lowest BCUT2D eigenvalue weighted by atomic mass is 10.1. The van der Waals surface area contributed by atoms with Crippen LogP contribution >= 0.6 is 11.8 Å². The molecule has 1 aliphatic rings. The molecule has 24 heavy (non-hydrogen) atoms. The smallest absolute Gasteiger partial charge is 0.336 e. The lowest BCUT2D eigenvalue weighted by molar-refractivity contribution is 0.473. The molecule has 0 atom stereocenters. The van der Waals surface area contributed by atoms with E-state index in [0.29, 0.717) is 17.3 Å². The lowest BCUT2D eigenvalue weighted by Gasteiger charge is -2.08. The number of fused-ring (bicyclic) bond motifs is 1. The van der Waals surface area contributed by atoms with Gasteiger partial charge in [0.1, 0.15) is 17.2 Å². The molecule has 4 rings (SSSR count). The average molecular weight is 343 g/mol. The fourth-order valence-corrected chi connectivity index (χ4v) is 3.83. The van der Waals surface area contributed by atoms with E-state index in [9.17, 15) is 9.90 Å². The van der Waals surface area contributed by atoms with Crippen LogP contribution in [-0.2, 0) is 12.3 Å². The van der Waals surface area contributed by atoms with Crippen molar-refractivity contribution in [3.8, 4) is 5.75 Å². The molecule has 1 aliphatic carbocycles. The van der Waals surface area contributed by atoms with Gasteiger partial charge in [0.15, 0.2) is 5.16 Å². The Labute approximate surface area is 142 Å². The van der Waals surface area contributed by atoms with Gasteiger partial charge in [0, 0.05) is 35.7 Å². The number of benzene rings is 1. The number of hydrogen-bond acceptors (Lipinski definition) is 6. The number of aromatic hydroxyl groups is 1. The van der Waals surface area contributed by atoms with Crippen LogP contribution in [-0.4, -0.2) is 19.9 Å². The maximum Gasteiger partial charge on any atom is 0.336 e. The van der Waals surface area contributed by atoms with Gasteiger partial charge in [0.2, 0.25) is 0 Å². The zero-order valence-corrected chi connectivity index (χ0v) is 14.0. The third-order valence-electron chi connectivity index (χ3n) is 4.17. The summed E-state index contributed by atoms with van der Waals surface area (Å²) in [5, 5.41) is 19.9. The Hall–Kier alpha value is -2.28. The van der Waals surface area contributed by atoms with E-state index in [1.807, 2.05) is 0 Å². The predicted molar refractivity (Wildman–Crippen MR) is 91.4 cm³/mol. The second-order valence-electron chi connectivity index (χ2n) is 5.92. The molecule has 1 fully saturated rings. The maximum atomic E-state index is 11.8. The molecular formula is C17H17N3O3S. The Morgan fingerprint density at radius 3 is 2.92 bits per heavy atom. The topological polar surface area (TPSA) is 81.2 Å². The molecule has 7 heteroatoms. The van der Waals surface area contributed by atoms with Gasteiger partial charge in [-0.25, -0.2) is 4.79 Å². The van der Waals surface area contributed by atoms with Crippen LogP contribution in [0.15, 0.2) is 38.6 Å². The number of nitrogens with zero attached hydrogens (tertiary/aromatic N) is 3. The Morgan fingerprint density at radius 2 is 2.17 bits per heavy atom. The Bertz CT molecular complexity index is 959. The largest absolute Gasteiger partial charge is 0.508 e. The molecule has 1 N–H and O–H groups in total.